The number of hydrogen-bond donors (Lipinski definition) is 2. The van der Waals surface area contributed by atoms with Gasteiger partial charge in [0.15, 0.2) is 0 Å². The van der Waals surface area contributed by atoms with Crippen LogP contribution in [0.15, 0.2) is 28.7 Å². The van der Waals surface area contributed by atoms with Gasteiger partial charge in [-0.05, 0) is 17.7 Å². The van der Waals surface area contributed by atoms with Crippen molar-refractivity contribution in [2.45, 2.75) is 6.10 Å². The lowest BCUT2D eigenvalue weighted by atomic mass is 10.1. The first-order chi connectivity index (χ1) is 9.54. The van der Waals surface area contributed by atoms with Crippen LogP contribution in [0.5, 0.6) is 0 Å². The molecule has 3 N–H and O–H groups in total. The number of carbonyl (C=O) groups is 1. The molecular formula is C14H20BrN3O2. The number of carbonyl (C=O) groups excluding carboxylic acids is 1. The van der Waals surface area contributed by atoms with E-state index in [2.05, 4.69) is 20.8 Å². The highest BCUT2D eigenvalue weighted by atomic mass is 79.9. The number of nitrogens with two attached hydrogens (primary N) is 1. The molecule has 1 atom stereocenters. The van der Waals surface area contributed by atoms with Crippen molar-refractivity contribution in [3.05, 3.63) is 34.3 Å². The van der Waals surface area contributed by atoms with E-state index in [1.54, 1.807) is 0 Å². The smallest absolute Gasteiger partial charge is 0.231 e. The summed E-state index contributed by atoms with van der Waals surface area (Å²) >= 11 is 3.41. The van der Waals surface area contributed by atoms with Crippen molar-refractivity contribution in [1.82, 2.24) is 9.80 Å². The number of hydrogen-bond acceptors (Lipinski definition) is 4. The molecule has 1 amide bonds. The molecule has 0 spiro atoms. The lowest BCUT2D eigenvalue weighted by Crippen LogP contribution is -2.49. The van der Waals surface area contributed by atoms with Crippen LogP contribution in [0.3, 0.4) is 0 Å². The van der Waals surface area contributed by atoms with Gasteiger partial charge in [-0.15, -0.1) is 0 Å². The highest BCUT2D eigenvalue weighted by Crippen LogP contribution is 2.19. The number of benzene rings is 1. The summed E-state index contributed by atoms with van der Waals surface area (Å²) in [5, 5.41) is 10.3. The first-order valence-electron chi connectivity index (χ1n) is 6.71. The Bertz CT molecular complexity index is 461. The van der Waals surface area contributed by atoms with Crippen LogP contribution in [-0.2, 0) is 4.79 Å². The summed E-state index contributed by atoms with van der Waals surface area (Å²) in [5.74, 6) is -0.285. The Morgan fingerprint density at radius 1 is 1.30 bits per heavy atom. The van der Waals surface area contributed by atoms with Gasteiger partial charge in [0.05, 0.1) is 12.6 Å². The Labute approximate surface area is 127 Å². The zero-order valence-electron chi connectivity index (χ0n) is 11.3. The predicted octanol–water partition coefficient (Wildman–Crippen LogP) is 0.585. The van der Waals surface area contributed by atoms with Gasteiger partial charge >= 0.3 is 0 Å². The molecule has 0 radical (unpaired) electrons. The van der Waals surface area contributed by atoms with Gasteiger partial charge in [-0.2, -0.15) is 0 Å². The molecule has 0 aliphatic carbocycles. The van der Waals surface area contributed by atoms with Gasteiger partial charge in [0.25, 0.3) is 0 Å². The molecule has 5 nitrogen and oxygen atoms in total. The fourth-order valence-corrected chi connectivity index (χ4v) is 2.83. The van der Waals surface area contributed by atoms with Crippen molar-refractivity contribution in [1.29, 1.82) is 0 Å². The van der Waals surface area contributed by atoms with Crippen molar-refractivity contribution in [2.75, 3.05) is 39.3 Å². The van der Waals surface area contributed by atoms with Crippen molar-refractivity contribution in [2.24, 2.45) is 5.73 Å². The van der Waals surface area contributed by atoms with Crippen LogP contribution in [0.25, 0.3) is 0 Å². The molecule has 0 saturated carbocycles. The average molecular weight is 342 g/mol. The number of primary amides is 1. The van der Waals surface area contributed by atoms with Gasteiger partial charge in [-0.25, -0.2) is 0 Å². The van der Waals surface area contributed by atoms with Gasteiger partial charge < -0.3 is 10.8 Å². The number of amides is 1. The van der Waals surface area contributed by atoms with Crippen LogP contribution in [0.1, 0.15) is 11.7 Å². The Hall–Kier alpha value is -0.950. The molecular weight excluding hydrogens is 322 g/mol. The monoisotopic (exact) mass is 341 g/mol. The predicted molar refractivity (Wildman–Crippen MR) is 81.2 cm³/mol. The Morgan fingerprint density at radius 3 is 2.55 bits per heavy atom. The number of piperazine rings is 1. The van der Waals surface area contributed by atoms with E-state index in [1.165, 1.54) is 0 Å². The zero-order valence-corrected chi connectivity index (χ0v) is 12.9. The summed E-state index contributed by atoms with van der Waals surface area (Å²) in [5.41, 5.74) is 6.11. The van der Waals surface area contributed by atoms with Crippen molar-refractivity contribution in [3.63, 3.8) is 0 Å². The average Bonchev–Trinajstić information content (AvgIpc) is 2.40. The minimum atomic E-state index is -0.491. The summed E-state index contributed by atoms with van der Waals surface area (Å²) in [6, 6.07) is 7.74. The maximum Gasteiger partial charge on any atom is 0.231 e. The number of rotatable bonds is 5. The van der Waals surface area contributed by atoms with Crippen molar-refractivity contribution < 1.29 is 9.90 Å². The van der Waals surface area contributed by atoms with Crippen LogP contribution in [0, 0.1) is 0 Å². The van der Waals surface area contributed by atoms with Gasteiger partial charge in [0, 0.05) is 37.2 Å². The Balaban J connectivity index is 1.82. The van der Waals surface area contributed by atoms with Crippen molar-refractivity contribution >= 4 is 21.8 Å². The second-order valence-corrected chi connectivity index (χ2v) is 6.03. The van der Waals surface area contributed by atoms with E-state index >= 15 is 0 Å². The SMILES string of the molecule is NC(=O)CN1CCN(CC(O)c2cccc(Br)c2)CC1. The summed E-state index contributed by atoms with van der Waals surface area (Å²) in [4.78, 5) is 15.1. The van der Waals surface area contributed by atoms with E-state index in [0.29, 0.717) is 13.1 Å². The number of β-amino-alcohol motifs (C(OH)–C–C–N with tert-alkyl or cyclic N) is 1. The zero-order chi connectivity index (χ0) is 14.5. The second-order valence-electron chi connectivity index (χ2n) is 5.11. The molecule has 2 rings (SSSR count). The van der Waals surface area contributed by atoms with E-state index in [4.69, 9.17) is 5.73 Å². The summed E-state index contributed by atoms with van der Waals surface area (Å²) in [7, 11) is 0. The fraction of sp³-hybridized carbons (Fsp3) is 0.500. The molecule has 20 heavy (non-hydrogen) atoms. The van der Waals surface area contributed by atoms with Gasteiger partial charge in [0.2, 0.25) is 5.91 Å². The van der Waals surface area contributed by atoms with E-state index in [-0.39, 0.29) is 5.91 Å². The molecule has 1 heterocycles. The summed E-state index contributed by atoms with van der Waals surface area (Å²) < 4.78 is 0.973. The third-order valence-electron chi connectivity index (χ3n) is 3.51. The standard InChI is InChI=1S/C14H20BrN3O2/c15-12-3-1-2-11(8-12)13(19)9-17-4-6-18(7-5-17)10-14(16)20/h1-3,8,13,19H,4-7,9-10H2,(H2,16,20). The van der Waals surface area contributed by atoms with Gasteiger partial charge in [0.1, 0.15) is 0 Å². The molecule has 6 heteroatoms. The van der Waals surface area contributed by atoms with Crippen LogP contribution in [0.2, 0.25) is 0 Å². The van der Waals surface area contributed by atoms with Gasteiger partial charge in [-0.3, -0.25) is 14.6 Å². The second kappa shape index (κ2) is 7.17. The van der Waals surface area contributed by atoms with Crippen LogP contribution >= 0.6 is 15.9 Å². The minimum Gasteiger partial charge on any atom is -0.387 e. The molecule has 0 aromatic heterocycles. The Morgan fingerprint density at radius 2 is 1.95 bits per heavy atom. The molecule has 110 valence electrons. The number of aliphatic hydroxyl groups is 1. The first kappa shape index (κ1) is 15.4. The molecule has 1 aliphatic heterocycles. The molecule has 1 unspecified atom stereocenters. The third-order valence-corrected chi connectivity index (χ3v) is 4.00. The third kappa shape index (κ3) is 4.56. The maximum atomic E-state index is 10.9. The number of halogens is 1. The highest BCUT2D eigenvalue weighted by molar-refractivity contribution is 9.10. The van der Waals surface area contributed by atoms with Crippen LogP contribution < -0.4 is 5.73 Å². The minimum absolute atomic E-state index is 0.285. The Kier molecular flexibility index (Phi) is 5.54. The first-order valence-corrected chi connectivity index (χ1v) is 7.50. The molecule has 1 aromatic carbocycles. The lowest BCUT2D eigenvalue weighted by molar-refractivity contribution is -0.119. The van der Waals surface area contributed by atoms with Crippen molar-refractivity contribution in [3.8, 4) is 0 Å². The van der Waals surface area contributed by atoms with Crippen LogP contribution in [0.4, 0.5) is 0 Å². The van der Waals surface area contributed by atoms with E-state index < -0.39 is 6.10 Å². The molecule has 1 saturated heterocycles. The molecule has 1 aliphatic rings. The summed E-state index contributed by atoms with van der Waals surface area (Å²) in [6.07, 6.45) is -0.491. The number of aliphatic hydroxyl groups excluding tert-OH is 1. The quantitative estimate of drug-likeness (QED) is 0.822. The molecule has 1 fully saturated rings. The topological polar surface area (TPSA) is 69.8 Å². The fourth-order valence-electron chi connectivity index (χ4n) is 2.41. The van der Waals surface area contributed by atoms with E-state index in [0.717, 1.165) is 36.2 Å². The normalized spacial score (nSPS) is 18.9. The van der Waals surface area contributed by atoms with E-state index in [9.17, 15) is 9.90 Å². The maximum absolute atomic E-state index is 10.9. The molecule has 0 bridgehead atoms. The summed E-state index contributed by atoms with van der Waals surface area (Å²) in [6.45, 7) is 4.25. The largest absolute Gasteiger partial charge is 0.387 e. The molecule has 1 aromatic rings. The lowest BCUT2D eigenvalue weighted by Gasteiger charge is -2.35. The highest BCUT2D eigenvalue weighted by Gasteiger charge is 2.20. The van der Waals surface area contributed by atoms with E-state index in [1.807, 2.05) is 29.2 Å². The van der Waals surface area contributed by atoms with Crippen LogP contribution in [-0.4, -0.2) is 60.1 Å². The number of nitrogens with zero attached hydrogens (tertiary/aromatic N) is 2. The van der Waals surface area contributed by atoms with Gasteiger partial charge in [-0.1, -0.05) is 28.1 Å².